The minimum Gasteiger partial charge on any atom is -1.00 e. The van der Waals surface area contributed by atoms with Gasteiger partial charge in [0, 0.05) is 0 Å². The molecule has 8 heavy (non-hydrogen) atoms. The van der Waals surface area contributed by atoms with Crippen molar-refractivity contribution in [1.82, 2.24) is 0 Å². The maximum absolute atomic E-state index is 9.65. The van der Waals surface area contributed by atoms with Crippen LogP contribution in [0.3, 0.4) is 0 Å². The van der Waals surface area contributed by atoms with Gasteiger partial charge in [0.15, 0.2) is 0 Å². The number of rotatable bonds is 2. The molecule has 0 aliphatic heterocycles. The summed E-state index contributed by atoms with van der Waals surface area (Å²) in [5.41, 5.74) is 0. The molecule has 0 radical (unpaired) electrons. The number of aliphatic hydroxyl groups is 1. The Hall–Kier alpha value is 0.196. The van der Waals surface area contributed by atoms with Crippen molar-refractivity contribution in [3.05, 3.63) is 0 Å². The Morgan fingerprint density at radius 1 is 1.88 bits per heavy atom. The number of hydrogen-bond acceptors (Lipinski definition) is 2. The standard InChI is InChI=1S/C4H8O3.Mg.2H/c1-3(5)2-4(6)7;;;/h3,5H,2H2,1H3,(H,6,7);;;/q;+2;2*-1/t3-;;;/m1.../s1. The van der Waals surface area contributed by atoms with Gasteiger partial charge in [-0.3, -0.25) is 4.79 Å². The molecule has 0 saturated heterocycles. The van der Waals surface area contributed by atoms with Gasteiger partial charge in [0.1, 0.15) is 0 Å². The SMILES string of the molecule is C[C@@H](O)CC(=O)O.[H-].[H-].[Mg+2]. The van der Waals surface area contributed by atoms with Crippen molar-refractivity contribution in [2.75, 3.05) is 0 Å². The van der Waals surface area contributed by atoms with E-state index in [-0.39, 0.29) is 32.3 Å². The first kappa shape index (κ1) is 11.1. The predicted molar refractivity (Wildman–Crippen MR) is 31.9 cm³/mol. The Balaban J connectivity index is -0.0000000600. The molecule has 0 amide bonds. The van der Waals surface area contributed by atoms with Gasteiger partial charge in [0.25, 0.3) is 0 Å². The van der Waals surface area contributed by atoms with Gasteiger partial charge in [0.05, 0.1) is 12.5 Å². The smallest absolute Gasteiger partial charge is 1.00 e. The number of carboxylic acid groups (broad SMARTS) is 1. The molecule has 0 aliphatic carbocycles. The molecule has 3 nitrogen and oxygen atoms in total. The fourth-order valence-corrected chi connectivity index (χ4v) is 0.253. The van der Waals surface area contributed by atoms with E-state index in [4.69, 9.17) is 10.2 Å². The second-order valence-electron chi connectivity index (χ2n) is 1.45. The van der Waals surface area contributed by atoms with Gasteiger partial charge in [-0.1, -0.05) is 0 Å². The van der Waals surface area contributed by atoms with Crippen molar-refractivity contribution in [2.45, 2.75) is 19.4 Å². The van der Waals surface area contributed by atoms with Crippen molar-refractivity contribution in [1.29, 1.82) is 0 Å². The summed E-state index contributed by atoms with van der Waals surface area (Å²) in [6.07, 6.45) is -0.891. The molecule has 0 heterocycles. The average Bonchev–Trinajstić information content (AvgIpc) is 1.27. The van der Waals surface area contributed by atoms with Crippen LogP contribution in [-0.2, 0) is 4.79 Å². The van der Waals surface area contributed by atoms with E-state index in [1.54, 1.807) is 0 Å². The van der Waals surface area contributed by atoms with Crippen molar-refractivity contribution in [2.24, 2.45) is 0 Å². The van der Waals surface area contributed by atoms with Crippen LogP contribution in [0.5, 0.6) is 0 Å². The van der Waals surface area contributed by atoms with Gasteiger partial charge in [0.2, 0.25) is 0 Å². The summed E-state index contributed by atoms with van der Waals surface area (Å²) in [4.78, 5) is 9.65. The van der Waals surface area contributed by atoms with Crippen LogP contribution < -0.4 is 0 Å². The zero-order valence-electron chi connectivity index (χ0n) is 6.79. The maximum Gasteiger partial charge on any atom is 2.00 e. The molecule has 0 bridgehead atoms. The predicted octanol–water partition coefficient (Wildman–Crippen LogP) is -0.314. The number of carboxylic acids is 1. The fraction of sp³-hybridized carbons (Fsp3) is 0.750. The first-order chi connectivity index (χ1) is 3.13. The maximum atomic E-state index is 9.65. The van der Waals surface area contributed by atoms with Gasteiger partial charge in [-0.25, -0.2) is 0 Å². The summed E-state index contributed by atoms with van der Waals surface area (Å²) >= 11 is 0. The Kier molecular flexibility index (Phi) is 7.37. The molecule has 0 aliphatic rings. The topological polar surface area (TPSA) is 57.5 Å². The van der Waals surface area contributed by atoms with E-state index in [1.807, 2.05) is 0 Å². The van der Waals surface area contributed by atoms with Crippen LogP contribution >= 0.6 is 0 Å². The van der Waals surface area contributed by atoms with Crippen molar-refractivity contribution in [3.8, 4) is 0 Å². The second kappa shape index (κ2) is 5.34. The molecule has 1 atom stereocenters. The van der Waals surface area contributed by atoms with E-state index >= 15 is 0 Å². The zero-order valence-corrected chi connectivity index (χ0v) is 6.21. The zero-order chi connectivity index (χ0) is 5.86. The van der Waals surface area contributed by atoms with E-state index in [0.29, 0.717) is 0 Å². The molecule has 0 rings (SSSR count). The fourth-order valence-electron chi connectivity index (χ4n) is 0.253. The van der Waals surface area contributed by atoms with E-state index in [1.165, 1.54) is 6.92 Å². The van der Waals surface area contributed by atoms with Gasteiger partial charge in [-0.15, -0.1) is 0 Å². The van der Waals surface area contributed by atoms with Crippen LogP contribution in [0, 0.1) is 0 Å². The van der Waals surface area contributed by atoms with Crippen LogP contribution in [0.25, 0.3) is 0 Å². The molecule has 0 saturated carbocycles. The quantitative estimate of drug-likeness (QED) is 0.504. The van der Waals surface area contributed by atoms with Gasteiger partial charge in [-0.05, 0) is 6.92 Å². The molecule has 0 fully saturated rings. The van der Waals surface area contributed by atoms with Crippen LogP contribution in [-0.4, -0.2) is 45.3 Å². The van der Waals surface area contributed by atoms with E-state index in [0.717, 1.165) is 0 Å². The second-order valence-corrected chi connectivity index (χ2v) is 1.45. The largest absolute Gasteiger partial charge is 2.00 e. The minimum atomic E-state index is -0.963. The molecule has 0 spiro atoms. The van der Waals surface area contributed by atoms with Gasteiger partial charge in [-0.2, -0.15) is 0 Å². The third-order valence-corrected chi connectivity index (χ3v) is 0.470. The molecule has 46 valence electrons. The first-order valence-electron chi connectivity index (χ1n) is 2.03. The molecular weight excluding hydrogens is 120 g/mol. The summed E-state index contributed by atoms with van der Waals surface area (Å²) in [6.45, 7) is 1.44. The molecular formula is C4H10MgO3. The number of aliphatic hydroxyl groups excluding tert-OH is 1. The van der Waals surface area contributed by atoms with Crippen LogP contribution in [0.4, 0.5) is 0 Å². The van der Waals surface area contributed by atoms with Gasteiger partial charge >= 0.3 is 29.0 Å². The molecule has 0 aromatic carbocycles. The van der Waals surface area contributed by atoms with Crippen LogP contribution in [0.15, 0.2) is 0 Å². The summed E-state index contributed by atoms with van der Waals surface area (Å²) in [5.74, 6) is -0.963. The first-order valence-corrected chi connectivity index (χ1v) is 2.03. The Morgan fingerprint density at radius 3 is 2.25 bits per heavy atom. The summed E-state index contributed by atoms with van der Waals surface area (Å²) in [7, 11) is 0. The number of carbonyl (C=O) groups is 1. The molecule has 4 heteroatoms. The van der Waals surface area contributed by atoms with Crippen LogP contribution in [0.2, 0.25) is 0 Å². The third-order valence-electron chi connectivity index (χ3n) is 0.470. The van der Waals surface area contributed by atoms with Crippen molar-refractivity contribution < 1.29 is 17.9 Å². The average molecular weight is 130 g/mol. The normalized spacial score (nSPS) is 11.8. The van der Waals surface area contributed by atoms with Gasteiger partial charge < -0.3 is 13.1 Å². The third kappa shape index (κ3) is 9.50. The minimum absolute atomic E-state index is 0. The van der Waals surface area contributed by atoms with Crippen LogP contribution in [0.1, 0.15) is 16.2 Å². The Bertz CT molecular complexity index is 78.9. The summed E-state index contributed by atoms with van der Waals surface area (Å²) in [5, 5.41) is 16.3. The van der Waals surface area contributed by atoms with E-state index < -0.39 is 12.1 Å². The molecule has 0 aromatic rings. The Morgan fingerprint density at radius 2 is 2.25 bits per heavy atom. The van der Waals surface area contributed by atoms with Crippen molar-refractivity contribution >= 4 is 29.0 Å². The summed E-state index contributed by atoms with van der Waals surface area (Å²) < 4.78 is 0. The van der Waals surface area contributed by atoms with Crippen molar-refractivity contribution in [3.63, 3.8) is 0 Å². The van der Waals surface area contributed by atoms with E-state index in [2.05, 4.69) is 0 Å². The summed E-state index contributed by atoms with van der Waals surface area (Å²) in [6, 6.07) is 0. The van der Waals surface area contributed by atoms with E-state index in [9.17, 15) is 4.79 Å². The number of hydrogen-bond donors (Lipinski definition) is 2. The molecule has 0 aromatic heterocycles. The monoisotopic (exact) mass is 130 g/mol. The number of aliphatic carboxylic acids is 1. The Labute approximate surface area is 66.8 Å². The molecule has 0 unspecified atom stereocenters. The molecule has 2 N–H and O–H groups in total.